The standard InChI is InChI=1S/C27H24Si/c1-20(2)23-17-11-19-26-27(23)24-16-9-10-18-25(24)28(26,21-12-5-3-6-13-21)22-14-7-4-8-15-22/h3-20H,1-2H3. The third-order valence-electron chi connectivity index (χ3n) is 6.14. The first-order valence-electron chi connectivity index (χ1n) is 10.1. The second-order valence-corrected chi connectivity index (χ2v) is 11.7. The van der Waals surface area contributed by atoms with Gasteiger partial charge in [0.25, 0.3) is 0 Å². The van der Waals surface area contributed by atoms with E-state index in [1.807, 2.05) is 0 Å². The zero-order valence-electron chi connectivity index (χ0n) is 16.4. The first-order chi connectivity index (χ1) is 13.7. The molecule has 1 heteroatoms. The van der Waals surface area contributed by atoms with Crippen molar-refractivity contribution < 1.29 is 0 Å². The van der Waals surface area contributed by atoms with Crippen LogP contribution in [0.15, 0.2) is 103 Å². The van der Waals surface area contributed by atoms with E-state index in [1.165, 1.54) is 37.4 Å². The Morgan fingerprint density at radius 2 is 1.07 bits per heavy atom. The zero-order valence-corrected chi connectivity index (χ0v) is 17.4. The van der Waals surface area contributed by atoms with Gasteiger partial charge < -0.3 is 0 Å². The summed E-state index contributed by atoms with van der Waals surface area (Å²) in [6.45, 7) is 4.62. The fourth-order valence-corrected chi connectivity index (χ4v) is 10.2. The maximum absolute atomic E-state index is 2.40. The van der Waals surface area contributed by atoms with Crippen LogP contribution in [0.1, 0.15) is 25.3 Å². The van der Waals surface area contributed by atoms with Gasteiger partial charge in [-0.3, -0.25) is 0 Å². The van der Waals surface area contributed by atoms with Crippen LogP contribution < -0.4 is 20.7 Å². The molecule has 1 heterocycles. The molecule has 5 rings (SSSR count). The van der Waals surface area contributed by atoms with E-state index >= 15 is 0 Å². The van der Waals surface area contributed by atoms with Gasteiger partial charge in [-0.25, -0.2) is 0 Å². The summed E-state index contributed by atoms with van der Waals surface area (Å²) in [6.07, 6.45) is 0. The van der Waals surface area contributed by atoms with E-state index in [0.717, 1.165) is 0 Å². The molecular weight excluding hydrogens is 352 g/mol. The van der Waals surface area contributed by atoms with Gasteiger partial charge in [-0.05, 0) is 43.4 Å². The average Bonchev–Trinajstić information content (AvgIpc) is 3.06. The first-order valence-corrected chi connectivity index (χ1v) is 12.1. The maximum atomic E-state index is 2.40. The first kappa shape index (κ1) is 17.2. The van der Waals surface area contributed by atoms with Crippen molar-refractivity contribution >= 4 is 28.8 Å². The molecule has 0 spiro atoms. The zero-order chi connectivity index (χ0) is 19.1. The summed E-state index contributed by atoms with van der Waals surface area (Å²) in [7, 11) is -2.30. The fourth-order valence-electron chi connectivity index (χ4n) is 5.00. The molecule has 1 aliphatic heterocycles. The van der Waals surface area contributed by atoms with Crippen LogP contribution in [-0.4, -0.2) is 8.07 Å². The summed E-state index contributed by atoms with van der Waals surface area (Å²) in [5, 5.41) is 5.99. The quantitative estimate of drug-likeness (QED) is 0.415. The monoisotopic (exact) mass is 376 g/mol. The highest BCUT2D eigenvalue weighted by molar-refractivity contribution is 7.22. The molecule has 28 heavy (non-hydrogen) atoms. The molecule has 0 nitrogen and oxygen atoms in total. The third-order valence-corrected chi connectivity index (χ3v) is 11.0. The molecule has 0 amide bonds. The Kier molecular flexibility index (Phi) is 4.06. The van der Waals surface area contributed by atoms with Crippen molar-refractivity contribution in [2.45, 2.75) is 19.8 Å². The van der Waals surface area contributed by atoms with Gasteiger partial charge >= 0.3 is 0 Å². The molecule has 0 atom stereocenters. The van der Waals surface area contributed by atoms with Crippen molar-refractivity contribution in [2.24, 2.45) is 0 Å². The molecular formula is C27H24Si. The van der Waals surface area contributed by atoms with Crippen LogP contribution in [0.25, 0.3) is 11.1 Å². The fraction of sp³-hybridized carbons (Fsp3) is 0.111. The number of hydrogen-bond donors (Lipinski definition) is 0. The van der Waals surface area contributed by atoms with Gasteiger partial charge in [0.15, 0.2) is 8.07 Å². The molecule has 4 aromatic rings. The normalized spacial score (nSPS) is 14.0. The van der Waals surface area contributed by atoms with E-state index in [-0.39, 0.29) is 0 Å². The van der Waals surface area contributed by atoms with Crippen LogP contribution in [0.4, 0.5) is 0 Å². The number of rotatable bonds is 3. The molecule has 0 saturated heterocycles. The lowest BCUT2D eigenvalue weighted by molar-refractivity contribution is 0.870. The summed E-state index contributed by atoms with van der Waals surface area (Å²) < 4.78 is 0. The second-order valence-electron chi connectivity index (χ2n) is 7.95. The van der Waals surface area contributed by atoms with Crippen molar-refractivity contribution in [3.8, 4) is 11.1 Å². The Balaban J connectivity index is 1.99. The second kappa shape index (κ2) is 6.61. The van der Waals surface area contributed by atoms with Crippen LogP contribution in [0, 0.1) is 0 Å². The minimum Gasteiger partial charge on any atom is -0.0623 e. The molecule has 0 aromatic heterocycles. The average molecular weight is 377 g/mol. The molecule has 4 aromatic carbocycles. The van der Waals surface area contributed by atoms with Crippen LogP contribution in [0.2, 0.25) is 0 Å². The van der Waals surface area contributed by atoms with E-state index in [2.05, 4.69) is 117 Å². The number of benzene rings is 4. The molecule has 0 bridgehead atoms. The van der Waals surface area contributed by atoms with Crippen LogP contribution >= 0.6 is 0 Å². The topological polar surface area (TPSA) is 0 Å². The maximum Gasteiger partial charge on any atom is 0.180 e. The summed E-state index contributed by atoms with van der Waals surface area (Å²) in [6, 6.07) is 38.5. The number of hydrogen-bond acceptors (Lipinski definition) is 0. The summed E-state index contributed by atoms with van der Waals surface area (Å²) >= 11 is 0. The largest absolute Gasteiger partial charge is 0.180 e. The molecule has 0 unspecified atom stereocenters. The Bertz CT molecular complexity index is 1090. The van der Waals surface area contributed by atoms with Gasteiger partial charge in [0.05, 0.1) is 0 Å². The Labute approximate surface area is 168 Å². The molecule has 0 saturated carbocycles. The smallest absolute Gasteiger partial charge is 0.0623 e. The van der Waals surface area contributed by atoms with E-state index in [1.54, 1.807) is 0 Å². The van der Waals surface area contributed by atoms with Crippen molar-refractivity contribution in [1.29, 1.82) is 0 Å². The summed E-state index contributed by atoms with van der Waals surface area (Å²) in [5.41, 5.74) is 4.37. The minimum atomic E-state index is -2.30. The van der Waals surface area contributed by atoms with Gasteiger partial charge in [-0.15, -0.1) is 0 Å². The SMILES string of the molecule is CC(C)c1cccc2c1-c1ccccc1[Si]2(c1ccccc1)c1ccccc1. The van der Waals surface area contributed by atoms with Crippen LogP contribution in [0.5, 0.6) is 0 Å². The lowest BCUT2D eigenvalue weighted by Crippen LogP contribution is -2.72. The Morgan fingerprint density at radius 1 is 0.536 bits per heavy atom. The van der Waals surface area contributed by atoms with Crippen LogP contribution in [0.3, 0.4) is 0 Å². The lowest BCUT2D eigenvalue weighted by Gasteiger charge is -2.31. The van der Waals surface area contributed by atoms with E-state index in [9.17, 15) is 0 Å². The highest BCUT2D eigenvalue weighted by atomic mass is 28.3. The van der Waals surface area contributed by atoms with Crippen molar-refractivity contribution in [2.75, 3.05) is 0 Å². The predicted molar refractivity (Wildman–Crippen MR) is 123 cm³/mol. The van der Waals surface area contributed by atoms with E-state index < -0.39 is 8.07 Å². The molecule has 1 aliphatic rings. The van der Waals surface area contributed by atoms with Crippen LogP contribution in [-0.2, 0) is 0 Å². The van der Waals surface area contributed by atoms with Gasteiger partial charge in [-0.1, -0.05) is 117 Å². The Morgan fingerprint density at radius 3 is 1.68 bits per heavy atom. The number of fused-ring (bicyclic) bond motifs is 3. The Hall–Kier alpha value is -2.90. The van der Waals surface area contributed by atoms with Gasteiger partial charge in [0.2, 0.25) is 0 Å². The summed E-state index contributed by atoms with van der Waals surface area (Å²) in [5.74, 6) is 0.499. The van der Waals surface area contributed by atoms with Crippen molar-refractivity contribution in [3.05, 3.63) is 109 Å². The predicted octanol–water partition coefficient (Wildman–Crippen LogP) is 4.17. The van der Waals surface area contributed by atoms with Crippen molar-refractivity contribution in [1.82, 2.24) is 0 Å². The van der Waals surface area contributed by atoms with Crippen molar-refractivity contribution in [3.63, 3.8) is 0 Å². The third kappa shape index (κ3) is 2.30. The molecule has 0 radical (unpaired) electrons. The molecule has 136 valence electrons. The molecule has 0 fully saturated rings. The van der Waals surface area contributed by atoms with E-state index in [4.69, 9.17) is 0 Å². The molecule has 0 aliphatic carbocycles. The summed E-state index contributed by atoms with van der Waals surface area (Å²) in [4.78, 5) is 0. The van der Waals surface area contributed by atoms with Gasteiger partial charge in [0, 0.05) is 0 Å². The highest BCUT2D eigenvalue weighted by Gasteiger charge is 2.49. The van der Waals surface area contributed by atoms with Gasteiger partial charge in [0.1, 0.15) is 0 Å². The van der Waals surface area contributed by atoms with E-state index in [0.29, 0.717) is 5.92 Å². The minimum absolute atomic E-state index is 0.499. The molecule has 0 N–H and O–H groups in total. The lowest BCUT2D eigenvalue weighted by atomic mass is 9.93. The van der Waals surface area contributed by atoms with Gasteiger partial charge in [-0.2, -0.15) is 0 Å². The highest BCUT2D eigenvalue weighted by Crippen LogP contribution is 2.34.